The lowest BCUT2D eigenvalue weighted by atomic mass is 9.78. The highest BCUT2D eigenvalue weighted by molar-refractivity contribution is 5.15. The molecule has 2 bridgehead atoms. The van der Waals surface area contributed by atoms with Crippen LogP contribution in [0.4, 0.5) is 48.3 Å². The molecule has 0 saturated heterocycles. The topological polar surface area (TPSA) is 0 Å². The van der Waals surface area contributed by atoms with Crippen molar-refractivity contribution in [3.8, 4) is 0 Å². The third-order valence-electron chi connectivity index (χ3n) is 5.15. The first kappa shape index (κ1) is 20.3. The van der Waals surface area contributed by atoms with Crippen molar-refractivity contribution in [2.75, 3.05) is 0 Å². The molecule has 2 aliphatic rings. The normalized spacial score (nSPS) is 31.0. The summed E-state index contributed by atoms with van der Waals surface area (Å²) in [5.41, 5.74) is 0. The summed E-state index contributed by atoms with van der Waals surface area (Å²) in [6.45, 7) is 1.41. The predicted molar refractivity (Wildman–Crippen MR) is 63.9 cm³/mol. The standard InChI is InChI=1S/C14H13F11/c1-6-7-2-3-8(4-7)9(6)5-10(15,16)11(17,18)12(19,20)13(21,22)14(23,24)25/h2-3,6-9H,4-5H2,1H3. The van der Waals surface area contributed by atoms with E-state index in [1.165, 1.54) is 13.0 Å². The largest absolute Gasteiger partial charge is 0.460 e. The Kier molecular flexibility index (Phi) is 4.45. The first-order valence-electron chi connectivity index (χ1n) is 7.23. The Labute approximate surface area is 135 Å². The smallest absolute Gasteiger partial charge is 0.200 e. The lowest BCUT2D eigenvalue weighted by molar-refractivity contribution is -0.423. The van der Waals surface area contributed by atoms with Crippen LogP contribution in [0.2, 0.25) is 0 Å². The zero-order valence-corrected chi connectivity index (χ0v) is 12.5. The Balaban J connectivity index is 2.31. The van der Waals surface area contributed by atoms with Crippen LogP contribution in [0.25, 0.3) is 0 Å². The second-order valence-electron chi connectivity index (χ2n) is 6.60. The minimum Gasteiger partial charge on any atom is -0.200 e. The van der Waals surface area contributed by atoms with Crippen molar-refractivity contribution >= 4 is 0 Å². The third-order valence-corrected chi connectivity index (χ3v) is 5.15. The molecule has 1 saturated carbocycles. The summed E-state index contributed by atoms with van der Waals surface area (Å²) in [7, 11) is 0. The van der Waals surface area contributed by atoms with E-state index in [0.717, 1.165) is 0 Å². The van der Waals surface area contributed by atoms with E-state index in [4.69, 9.17) is 0 Å². The molecular formula is C14H13F11. The van der Waals surface area contributed by atoms with Crippen LogP contribution >= 0.6 is 0 Å². The summed E-state index contributed by atoms with van der Waals surface area (Å²) < 4.78 is 143. The van der Waals surface area contributed by atoms with Crippen LogP contribution in [0, 0.1) is 23.7 Å². The van der Waals surface area contributed by atoms with Crippen molar-refractivity contribution in [2.24, 2.45) is 23.7 Å². The van der Waals surface area contributed by atoms with Crippen LogP contribution < -0.4 is 0 Å². The summed E-state index contributed by atoms with van der Waals surface area (Å²) in [4.78, 5) is 0. The van der Waals surface area contributed by atoms with Crippen LogP contribution in [-0.4, -0.2) is 29.9 Å². The number of allylic oxidation sites excluding steroid dienone is 2. The van der Waals surface area contributed by atoms with Gasteiger partial charge in [0.05, 0.1) is 0 Å². The first-order valence-corrected chi connectivity index (χ1v) is 7.23. The second-order valence-corrected chi connectivity index (χ2v) is 6.60. The van der Waals surface area contributed by atoms with Crippen LogP contribution in [0.5, 0.6) is 0 Å². The quantitative estimate of drug-likeness (QED) is 0.403. The number of halogens is 11. The van der Waals surface area contributed by atoms with E-state index in [1.54, 1.807) is 6.08 Å². The van der Waals surface area contributed by atoms with Gasteiger partial charge in [-0.15, -0.1) is 0 Å². The summed E-state index contributed by atoms with van der Waals surface area (Å²) in [5.74, 6) is -29.9. The van der Waals surface area contributed by atoms with Crippen molar-refractivity contribution in [3.63, 3.8) is 0 Å². The van der Waals surface area contributed by atoms with Crippen molar-refractivity contribution in [1.82, 2.24) is 0 Å². The monoisotopic (exact) mass is 390 g/mol. The molecule has 11 heteroatoms. The van der Waals surface area contributed by atoms with Gasteiger partial charge in [-0.25, -0.2) is 0 Å². The van der Waals surface area contributed by atoms with Gasteiger partial charge in [0.15, 0.2) is 0 Å². The van der Waals surface area contributed by atoms with E-state index in [1.807, 2.05) is 0 Å². The Bertz CT molecular complexity index is 545. The van der Waals surface area contributed by atoms with Crippen LogP contribution in [0.3, 0.4) is 0 Å². The van der Waals surface area contributed by atoms with Gasteiger partial charge in [-0.05, 0) is 30.1 Å². The average molecular weight is 390 g/mol. The van der Waals surface area contributed by atoms with Gasteiger partial charge in [-0.3, -0.25) is 0 Å². The lowest BCUT2D eigenvalue weighted by Gasteiger charge is -2.39. The van der Waals surface area contributed by atoms with Crippen LogP contribution in [-0.2, 0) is 0 Å². The fraction of sp³-hybridized carbons (Fsp3) is 0.857. The average Bonchev–Trinajstić information content (AvgIpc) is 3.00. The van der Waals surface area contributed by atoms with E-state index in [9.17, 15) is 48.3 Å². The molecule has 0 aromatic heterocycles. The van der Waals surface area contributed by atoms with Crippen LogP contribution in [0.1, 0.15) is 19.8 Å². The minimum absolute atomic E-state index is 0.239. The van der Waals surface area contributed by atoms with E-state index in [-0.39, 0.29) is 5.92 Å². The molecule has 1 fully saturated rings. The summed E-state index contributed by atoms with van der Waals surface area (Å²) in [6, 6.07) is 0. The number of fused-ring (bicyclic) bond motifs is 2. The van der Waals surface area contributed by atoms with Gasteiger partial charge >= 0.3 is 29.9 Å². The molecule has 2 aliphatic carbocycles. The molecule has 0 spiro atoms. The predicted octanol–water partition coefficient (Wildman–Crippen LogP) is 5.94. The molecule has 0 aromatic rings. The Morgan fingerprint density at radius 1 is 0.720 bits per heavy atom. The molecule has 0 radical (unpaired) electrons. The molecule has 0 amide bonds. The Morgan fingerprint density at radius 2 is 1.20 bits per heavy atom. The molecule has 146 valence electrons. The maximum atomic E-state index is 13.8. The molecule has 0 aliphatic heterocycles. The van der Waals surface area contributed by atoms with E-state index < -0.39 is 54.0 Å². The second kappa shape index (κ2) is 5.48. The number of hydrogen-bond donors (Lipinski definition) is 0. The maximum Gasteiger partial charge on any atom is 0.460 e. The van der Waals surface area contributed by atoms with Gasteiger partial charge in [0.1, 0.15) is 0 Å². The fourth-order valence-corrected chi connectivity index (χ4v) is 3.54. The van der Waals surface area contributed by atoms with Gasteiger partial charge in [0.2, 0.25) is 0 Å². The summed E-state index contributed by atoms with van der Waals surface area (Å²) in [6.07, 6.45) is -5.61. The minimum atomic E-state index is -7.31. The van der Waals surface area contributed by atoms with Crippen molar-refractivity contribution in [2.45, 2.75) is 49.6 Å². The number of hydrogen-bond acceptors (Lipinski definition) is 0. The highest BCUT2D eigenvalue weighted by Gasteiger charge is 2.87. The molecule has 0 N–H and O–H groups in total. The number of alkyl halides is 11. The first-order chi connectivity index (χ1) is 11.0. The van der Waals surface area contributed by atoms with E-state index in [2.05, 4.69) is 0 Å². The Morgan fingerprint density at radius 3 is 1.60 bits per heavy atom. The zero-order valence-electron chi connectivity index (χ0n) is 12.5. The van der Waals surface area contributed by atoms with Crippen molar-refractivity contribution in [1.29, 1.82) is 0 Å². The SMILES string of the molecule is CC1C2C=CC(C2)C1CC(F)(F)C(F)(F)C(F)(F)C(F)(F)C(F)(F)F. The Hall–Kier alpha value is -1.03. The maximum absolute atomic E-state index is 13.8. The third kappa shape index (κ3) is 2.72. The molecule has 2 rings (SSSR count). The van der Waals surface area contributed by atoms with Gasteiger partial charge in [-0.2, -0.15) is 48.3 Å². The molecule has 4 unspecified atom stereocenters. The van der Waals surface area contributed by atoms with Gasteiger partial charge in [-0.1, -0.05) is 19.1 Å². The summed E-state index contributed by atoms with van der Waals surface area (Å²) in [5, 5.41) is 0. The highest BCUT2D eigenvalue weighted by atomic mass is 19.4. The number of rotatable bonds is 5. The van der Waals surface area contributed by atoms with Gasteiger partial charge in [0.25, 0.3) is 0 Å². The molecule has 0 nitrogen and oxygen atoms in total. The highest BCUT2D eigenvalue weighted by Crippen LogP contribution is 2.60. The molecule has 0 heterocycles. The zero-order chi connectivity index (χ0) is 19.6. The summed E-state index contributed by atoms with van der Waals surface area (Å²) >= 11 is 0. The van der Waals surface area contributed by atoms with Crippen molar-refractivity contribution < 1.29 is 48.3 Å². The van der Waals surface area contributed by atoms with Gasteiger partial charge < -0.3 is 0 Å². The molecule has 0 aromatic carbocycles. The van der Waals surface area contributed by atoms with E-state index >= 15 is 0 Å². The van der Waals surface area contributed by atoms with E-state index in [0.29, 0.717) is 6.42 Å². The lowest BCUT2D eigenvalue weighted by Crippen LogP contribution is -2.66. The molecule has 25 heavy (non-hydrogen) atoms. The van der Waals surface area contributed by atoms with Gasteiger partial charge in [0, 0.05) is 6.42 Å². The molecule has 4 atom stereocenters. The van der Waals surface area contributed by atoms with Crippen molar-refractivity contribution in [3.05, 3.63) is 12.2 Å². The van der Waals surface area contributed by atoms with Crippen LogP contribution in [0.15, 0.2) is 12.2 Å². The fourth-order valence-electron chi connectivity index (χ4n) is 3.54. The molecular weight excluding hydrogens is 377 g/mol.